The van der Waals surface area contributed by atoms with Crippen LogP contribution in [0.25, 0.3) is 10.2 Å². The molecule has 0 atom stereocenters. The Morgan fingerprint density at radius 1 is 1.50 bits per heavy atom. The van der Waals surface area contributed by atoms with Crippen LogP contribution in [0.2, 0.25) is 0 Å². The molecule has 4 heteroatoms. The zero-order chi connectivity index (χ0) is 8.55. The first-order valence-electron chi connectivity index (χ1n) is 3.39. The first-order valence-corrected chi connectivity index (χ1v) is 6.51. The molecule has 0 fully saturated rings. The van der Waals surface area contributed by atoms with Crippen LogP contribution in [0.4, 0.5) is 0 Å². The van der Waals surface area contributed by atoms with Crippen molar-refractivity contribution in [1.82, 2.24) is 4.98 Å². The monoisotopic (exact) mass is 307 g/mol. The molecule has 2 rings (SSSR count). The highest BCUT2D eigenvalue weighted by Crippen LogP contribution is 2.28. The molecule has 0 amide bonds. The van der Waals surface area contributed by atoms with Gasteiger partial charge in [-0.25, -0.2) is 4.98 Å². The Morgan fingerprint density at radius 2 is 2.33 bits per heavy atom. The number of hydrogen-bond donors (Lipinski definition) is 0. The number of thioether (sulfide) groups is 1. The standard InChI is InChI=1S/C8H6INS2/c1-11-8-10-6-4-5(9)2-3-7(6)12-8/h2-4H,1H3. The minimum absolute atomic E-state index is 1.12. The third-order valence-corrected chi connectivity index (χ3v) is 4.20. The summed E-state index contributed by atoms with van der Waals surface area (Å²) in [6.45, 7) is 0. The molecule has 0 saturated carbocycles. The van der Waals surface area contributed by atoms with Crippen molar-refractivity contribution in [3.63, 3.8) is 0 Å². The summed E-state index contributed by atoms with van der Waals surface area (Å²) in [6, 6.07) is 6.37. The summed E-state index contributed by atoms with van der Waals surface area (Å²) >= 11 is 5.77. The van der Waals surface area contributed by atoms with E-state index in [0.29, 0.717) is 0 Å². The molecule has 62 valence electrons. The Morgan fingerprint density at radius 3 is 3.08 bits per heavy atom. The Balaban J connectivity index is 2.67. The first kappa shape index (κ1) is 8.77. The molecule has 12 heavy (non-hydrogen) atoms. The second kappa shape index (κ2) is 3.51. The molecular weight excluding hydrogens is 301 g/mol. The van der Waals surface area contributed by atoms with Crippen LogP contribution in [-0.4, -0.2) is 11.2 Å². The van der Waals surface area contributed by atoms with E-state index >= 15 is 0 Å². The Hall–Kier alpha value is 0.190. The number of rotatable bonds is 1. The van der Waals surface area contributed by atoms with Crippen LogP contribution in [0.3, 0.4) is 0 Å². The van der Waals surface area contributed by atoms with Crippen LogP contribution in [-0.2, 0) is 0 Å². The second-order valence-electron chi connectivity index (χ2n) is 2.30. The zero-order valence-corrected chi connectivity index (χ0v) is 10.2. The summed E-state index contributed by atoms with van der Waals surface area (Å²) < 4.78 is 3.67. The van der Waals surface area contributed by atoms with E-state index in [2.05, 4.69) is 52.0 Å². The molecule has 0 aliphatic rings. The van der Waals surface area contributed by atoms with E-state index < -0.39 is 0 Å². The van der Waals surface area contributed by atoms with Crippen molar-refractivity contribution < 1.29 is 0 Å². The van der Waals surface area contributed by atoms with Crippen LogP contribution in [0.5, 0.6) is 0 Å². The normalized spacial score (nSPS) is 10.8. The zero-order valence-electron chi connectivity index (χ0n) is 6.37. The van der Waals surface area contributed by atoms with Crippen molar-refractivity contribution in [3.8, 4) is 0 Å². The van der Waals surface area contributed by atoms with Gasteiger partial charge in [-0.15, -0.1) is 11.3 Å². The lowest BCUT2D eigenvalue weighted by atomic mass is 10.3. The van der Waals surface area contributed by atoms with Gasteiger partial charge in [0.15, 0.2) is 4.34 Å². The van der Waals surface area contributed by atoms with Crippen LogP contribution in [0, 0.1) is 3.57 Å². The number of thiazole rings is 1. The first-order chi connectivity index (χ1) is 5.79. The summed E-state index contributed by atoms with van der Waals surface area (Å²) in [5.41, 5.74) is 1.12. The molecule has 0 N–H and O–H groups in total. The predicted octanol–water partition coefficient (Wildman–Crippen LogP) is 3.62. The third kappa shape index (κ3) is 1.60. The minimum Gasteiger partial charge on any atom is -0.230 e. The van der Waals surface area contributed by atoms with E-state index in [1.807, 2.05) is 0 Å². The van der Waals surface area contributed by atoms with Crippen LogP contribution >= 0.6 is 45.7 Å². The SMILES string of the molecule is CSc1nc2cc(I)ccc2s1. The van der Waals surface area contributed by atoms with Gasteiger partial charge in [0.25, 0.3) is 0 Å². The summed E-state index contributed by atoms with van der Waals surface area (Å²) in [4.78, 5) is 4.47. The number of aromatic nitrogens is 1. The van der Waals surface area contributed by atoms with Crippen molar-refractivity contribution in [2.24, 2.45) is 0 Å². The van der Waals surface area contributed by atoms with Crippen LogP contribution < -0.4 is 0 Å². The van der Waals surface area contributed by atoms with E-state index in [1.165, 1.54) is 8.27 Å². The molecule has 1 nitrogen and oxygen atoms in total. The van der Waals surface area contributed by atoms with Gasteiger partial charge < -0.3 is 0 Å². The van der Waals surface area contributed by atoms with Crippen LogP contribution in [0.1, 0.15) is 0 Å². The molecule has 1 heterocycles. The van der Waals surface area contributed by atoms with E-state index in [4.69, 9.17) is 0 Å². The summed E-state index contributed by atoms with van der Waals surface area (Å²) in [5, 5.41) is 0. The topological polar surface area (TPSA) is 12.9 Å². The van der Waals surface area contributed by atoms with E-state index in [1.54, 1.807) is 23.1 Å². The molecule has 0 unspecified atom stereocenters. The summed E-state index contributed by atoms with van der Waals surface area (Å²) in [7, 11) is 0. The van der Waals surface area contributed by atoms with Gasteiger partial charge >= 0.3 is 0 Å². The van der Waals surface area contributed by atoms with Crippen molar-refractivity contribution in [3.05, 3.63) is 21.8 Å². The van der Waals surface area contributed by atoms with E-state index in [0.717, 1.165) is 9.86 Å². The van der Waals surface area contributed by atoms with Crippen molar-refractivity contribution in [1.29, 1.82) is 0 Å². The fourth-order valence-electron chi connectivity index (χ4n) is 0.967. The van der Waals surface area contributed by atoms with Gasteiger partial charge in [-0.1, -0.05) is 11.8 Å². The summed E-state index contributed by atoms with van der Waals surface area (Å²) in [6.07, 6.45) is 2.06. The van der Waals surface area contributed by atoms with Crippen molar-refractivity contribution in [2.75, 3.05) is 6.26 Å². The smallest absolute Gasteiger partial charge is 0.150 e. The number of benzene rings is 1. The molecular formula is C8H6INS2. The molecule has 0 aliphatic heterocycles. The maximum Gasteiger partial charge on any atom is 0.150 e. The number of nitrogens with zero attached hydrogens (tertiary/aromatic N) is 1. The third-order valence-electron chi connectivity index (χ3n) is 1.50. The quantitative estimate of drug-likeness (QED) is 0.589. The largest absolute Gasteiger partial charge is 0.230 e. The Kier molecular flexibility index (Phi) is 2.57. The lowest BCUT2D eigenvalue weighted by Gasteiger charge is -1.87. The fourth-order valence-corrected chi connectivity index (χ4v) is 2.91. The average Bonchev–Trinajstić information content (AvgIpc) is 2.46. The van der Waals surface area contributed by atoms with E-state index in [9.17, 15) is 0 Å². The van der Waals surface area contributed by atoms with Gasteiger partial charge in [0.05, 0.1) is 10.2 Å². The lowest BCUT2D eigenvalue weighted by molar-refractivity contribution is 1.31. The summed E-state index contributed by atoms with van der Waals surface area (Å²) in [5.74, 6) is 0. The average molecular weight is 307 g/mol. The number of halogens is 1. The van der Waals surface area contributed by atoms with Gasteiger partial charge in [0, 0.05) is 3.57 Å². The predicted molar refractivity (Wildman–Crippen MR) is 64.1 cm³/mol. The number of fused-ring (bicyclic) bond motifs is 1. The Labute approximate surface area is 92.7 Å². The second-order valence-corrected chi connectivity index (χ2v) is 5.63. The van der Waals surface area contributed by atoms with Crippen molar-refractivity contribution in [2.45, 2.75) is 4.34 Å². The molecule has 2 aromatic rings. The lowest BCUT2D eigenvalue weighted by Crippen LogP contribution is -1.70. The maximum absolute atomic E-state index is 4.47. The van der Waals surface area contributed by atoms with E-state index in [-0.39, 0.29) is 0 Å². The highest BCUT2D eigenvalue weighted by molar-refractivity contribution is 14.1. The molecule has 0 radical (unpaired) electrons. The van der Waals surface area contributed by atoms with Gasteiger partial charge in [0.1, 0.15) is 0 Å². The fraction of sp³-hybridized carbons (Fsp3) is 0.125. The van der Waals surface area contributed by atoms with Gasteiger partial charge in [0.2, 0.25) is 0 Å². The molecule has 1 aromatic heterocycles. The Bertz CT molecular complexity index is 410. The molecule has 0 aliphatic carbocycles. The number of hydrogen-bond acceptors (Lipinski definition) is 3. The minimum atomic E-state index is 1.12. The molecule has 0 spiro atoms. The van der Waals surface area contributed by atoms with Gasteiger partial charge in [-0.05, 0) is 47.0 Å². The molecule has 0 saturated heterocycles. The van der Waals surface area contributed by atoms with Gasteiger partial charge in [-0.3, -0.25) is 0 Å². The molecule has 0 bridgehead atoms. The highest BCUT2D eigenvalue weighted by atomic mass is 127. The van der Waals surface area contributed by atoms with Crippen molar-refractivity contribution >= 4 is 55.9 Å². The highest BCUT2D eigenvalue weighted by Gasteiger charge is 2.01. The molecule has 1 aromatic carbocycles. The maximum atomic E-state index is 4.47. The van der Waals surface area contributed by atoms with Crippen LogP contribution in [0.15, 0.2) is 22.5 Å². The van der Waals surface area contributed by atoms with Gasteiger partial charge in [-0.2, -0.15) is 0 Å².